The largest absolute Gasteiger partial charge is 0.379 e. The summed E-state index contributed by atoms with van der Waals surface area (Å²) in [6.07, 6.45) is 17.8. The van der Waals surface area contributed by atoms with Gasteiger partial charge in [0.25, 0.3) is 0 Å². The summed E-state index contributed by atoms with van der Waals surface area (Å²) >= 11 is 8.04. The van der Waals surface area contributed by atoms with Crippen LogP contribution >= 0.6 is 33.0 Å². The third-order valence-electron chi connectivity index (χ3n) is 9.10. The molecule has 15 heteroatoms. The Balaban J connectivity index is 1.47. The molecule has 4 saturated heterocycles. The maximum absolute atomic E-state index is 8.04. The van der Waals surface area contributed by atoms with Gasteiger partial charge in [-0.2, -0.15) is 13.5 Å². The molecule has 4 fully saturated rings. The maximum atomic E-state index is 8.04. The van der Waals surface area contributed by atoms with Gasteiger partial charge in [-0.15, -0.1) is 0 Å². The highest BCUT2D eigenvalue weighted by Crippen LogP contribution is 2.84. The van der Waals surface area contributed by atoms with E-state index in [4.69, 9.17) is 39.0 Å². The highest BCUT2D eigenvalue weighted by Gasteiger charge is 2.50. The summed E-state index contributed by atoms with van der Waals surface area (Å²) in [5.41, 5.74) is 2.87. The van der Waals surface area contributed by atoms with Crippen molar-refractivity contribution >= 4 is 33.0 Å². The standard InChI is InChI=1S/C28H46ClN8O3P3/c29-41(33-13-19-38-20-14-33)30-42(34-15-21-39-22-16-34,35-17-23-40-24-18-35)32-43(31-41)36(25-27-7-1-2-8-27)11-5-6-12-37(43)26-28-9-3-4-10-28/h1-4,7,9H,5-6,8,10-26H2. The molecule has 2 aliphatic carbocycles. The molecule has 0 saturated carbocycles. The van der Waals surface area contributed by atoms with E-state index in [-0.39, 0.29) is 0 Å². The lowest BCUT2D eigenvalue weighted by atomic mass is 10.2. The van der Waals surface area contributed by atoms with E-state index in [0.717, 1.165) is 91.1 Å². The van der Waals surface area contributed by atoms with Crippen molar-refractivity contribution in [3.05, 3.63) is 47.6 Å². The van der Waals surface area contributed by atoms with Gasteiger partial charge >= 0.3 is 0 Å². The fourth-order valence-corrected chi connectivity index (χ4v) is 22.9. The first-order valence-corrected chi connectivity index (χ1v) is 21.7. The van der Waals surface area contributed by atoms with Crippen molar-refractivity contribution in [3.8, 4) is 0 Å². The second-order valence-electron chi connectivity index (χ2n) is 11.9. The Bertz CT molecular complexity index is 1260. The zero-order valence-electron chi connectivity index (χ0n) is 25.1. The molecule has 1 atom stereocenters. The van der Waals surface area contributed by atoms with E-state index in [9.17, 15) is 0 Å². The molecule has 238 valence electrons. The lowest BCUT2D eigenvalue weighted by Gasteiger charge is -2.51. The molecule has 7 aliphatic rings. The maximum Gasteiger partial charge on any atom is 0.239 e. The molecule has 7 rings (SSSR count). The van der Waals surface area contributed by atoms with Gasteiger partial charge in [0, 0.05) is 65.4 Å². The minimum atomic E-state index is -2.85. The van der Waals surface area contributed by atoms with Crippen LogP contribution in [0.2, 0.25) is 0 Å². The normalized spacial score (nSPS) is 32.6. The molecule has 0 aromatic rings. The van der Waals surface area contributed by atoms with Crippen LogP contribution in [0, 0.1) is 0 Å². The minimum Gasteiger partial charge on any atom is -0.379 e. The number of hydrogen-bond acceptors (Lipinski definition) is 11. The van der Waals surface area contributed by atoms with E-state index in [2.05, 4.69) is 59.8 Å². The third-order valence-corrected chi connectivity index (χ3v) is 22.3. The van der Waals surface area contributed by atoms with Gasteiger partial charge in [-0.1, -0.05) is 47.6 Å². The molecule has 11 nitrogen and oxygen atoms in total. The molecular formula is C28H46ClN8O3P3. The fraction of sp³-hybridized carbons (Fsp3) is 0.714. The van der Waals surface area contributed by atoms with E-state index in [1.807, 2.05) is 0 Å². The SMILES string of the molecule is ClP1(N2CCOCC2)=NP(N2CCOCC2)(N2CCOCC2)=NP2(=N1)N(CC1=CC=CC1)CCCCN2CC1=CC=CC1. The first-order chi connectivity index (χ1) is 21.1. The van der Waals surface area contributed by atoms with Crippen molar-refractivity contribution < 1.29 is 14.2 Å². The van der Waals surface area contributed by atoms with E-state index < -0.39 is 21.7 Å². The fourth-order valence-electron chi connectivity index (χ4n) is 6.79. The number of ether oxygens (including phenoxy) is 3. The van der Waals surface area contributed by atoms with Crippen LogP contribution in [-0.4, -0.2) is 128 Å². The Morgan fingerprint density at radius 1 is 0.581 bits per heavy atom. The summed E-state index contributed by atoms with van der Waals surface area (Å²) in [6, 6.07) is 0. The first kappa shape index (κ1) is 31.2. The van der Waals surface area contributed by atoms with Gasteiger partial charge in [0.2, 0.25) is 21.7 Å². The molecule has 0 aromatic heterocycles. The molecule has 5 heterocycles. The summed E-state index contributed by atoms with van der Waals surface area (Å²) < 4.78 is 48.4. The lowest BCUT2D eigenvalue weighted by Crippen LogP contribution is -2.44. The Kier molecular flexibility index (Phi) is 10.0. The monoisotopic (exact) mass is 670 g/mol. The van der Waals surface area contributed by atoms with E-state index >= 15 is 0 Å². The molecule has 0 N–H and O–H groups in total. The molecular weight excluding hydrogens is 625 g/mol. The number of hydrogen-bond donors (Lipinski definition) is 0. The summed E-state index contributed by atoms with van der Waals surface area (Å²) in [5.74, 6) is 0. The summed E-state index contributed by atoms with van der Waals surface area (Å²) in [5, 5.41) is 0. The number of allylic oxidation sites excluding steroid dienone is 6. The average Bonchev–Trinajstić information content (AvgIpc) is 3.75. The van der Waals surface area contributed by atoms with Gasteiger partial charge in [0.1, 0.15) is 0 Å². The summed E-state index contributed by atoms with van der Waals surface area (Å²) in [7, 11) is -5.34. The number of halogens is 1. The smallest absolute Gasteiger partial charge is 0.239 e. The van der Waals surface area contributed by atoms with Crippen LogP contribution in [0.3, 0.4) is 0 Å². The summed E-state index contributed by atoms with van der Waals surface area (Å²) in [4.78, 5) is 0. The van der Waals surface area contributed by atoms with Crippen LogP contribution < -0.4 is 0 Å². The van der Waals surface area contributed by atoms with Crippen LogP contribution in [0.5, 0.6) is 0 Å². The molecule has 0 bridgehead atoms. The van der Waals surface area contributed by atoms with Crippen LogP contribution in [0.25, 0.3) is 0 Å². The van der Waals surface area contributed by atoms with Gasteiger partial charge in [0.05, 0.1) is 39.6 Å². The number of rotatable bonds is 7. The molecule has 43 heavy (non-hydrogen) atoms. The van der Waals surface area contributed by atoms with Gasteiger partial charge in [-0.05, 0) is 36.9 Å². The van der Waals surface area contributed by atoms with Crippen molar-refractivity contribution in [2.45, 2.75) is 25.7 Å². The van der Waals surface area contributed by atoms with Gasteiger partial charge in [-0.3, -0.25) is 0 Å². The molecule has 1 spiro atoms. The van der Waals surface area contributed by atoms with Crippen molar-refractivity contribution in [3.63, 3.8) is 0 Å². The number of morpholine rings is 3. The quantitative estimate of drug-likeness (QED) is 0.295. The third kappa shape index (κ3) is 6.45. The van der Waals surface area contributed by atoms with Crippen molar-refractivity contribution in [1.82, 2.24) is 23.4 Å². The first-order valence-electron chi connectivity index (χ1n) is 15.9. The van der Waals surface area contributed by atoms with E-state index in [1.165, 1.54) is 11.1 Å². The van der Waals surface area contributed by atoms with Crippen molar-refractivity contribution in [2.75, 3.05) is 105 Å². The molecule has 1 unspecified atom stereocenters. The van der Waals surface area contributed by atoms with Crippen molar-refractivity contribution in [1.29, 1.82) is 0 Å². The molecule has 5 aliphatic heterocycles. The van der Waals surface area contributed by atoms with Crippen LogP contribution in [0.1, 0.15) is 25.7 Å². The van der Waals surface area contributed by atoms with Crippen LogP contribution in [0.15, 0.2) is 61.1 Å². The Hall–Kier alpha value is -0.380. The van der Waals surface area contributed by atoms with Crippen molar-refractivity contribution in [2.24, 2.45) is 13.5 Å². The molecule has 0 aromatic carbocycles. The zero-order valence-corrected chi connectivity index (χ0v) is 28.6. The Morgan fingerprint density at radius 3 is 1.49 bits per heavy atom. The molecule has 0 amide bonds. The van der Waals surface area contributed by atoms with Gasteiger partial charge in [-0.25, -0.2) is 23.4 Å². The minimum absolute atomic E-state index is 0.660. The van der Waals surface area contributed by atoms with Gasteiger partial charge in [0.15, 0.2) is 0 Å². The predicted octanol–water partition coefficient (Wildman–Crippen LogP) is 6.24. The van der Waals surface area contributed by atoms with Crippen LogP contribution in [0.4, 0.5) is 0 Å². The zero-order chi connectivity index (χ0) is 29.2. The second-order valence-corrected chi connectivity index (χ2v) is 21.4. The van der Waals surface area contributed by atoms with E-state index in [0.29, 0.717) is 39.6 Å². The Morgan fingerprint density at radius 2 is 1.05 bits per heavy atom. The lowest BCUT2D eigenvalue weighted by molar-refractivity contribution is 0.0567. The van der Waals surface area contributed by atoms with Gasteiger partial charge < -0.3 is 14.2 Å². The summed E-state index contributed by atoms with van der Waals surface area (Å²) in [6.45, 7) is 9.64. The molecule has 0 radical (unpaired) electrons. The van der Waals surface area contributed by atoms with E-state index in [1.54, 1.807) is 0 Å². The average molecular weight is 671 g/mol. The van der Waals surface area contributed by atoms with Crippen LogP contribution in [-0.2, 0) is 14.2 Å². The topological polar surface area (TPSA) is 81.0 Å². The number of nitrogens with zero attached hydrogens (tertiary/aromatic N) is 8. The highest BCUT2D eigenvalue weighted by molar-refractivity contribution is 7.96. The highest BCUT2D eigenvalue weighted by atomic mass is 35.7. The Labute approximate surface area is 261 Å². The second kappa shape index (κ2) is 13.8. The predicted molar refractivity (Wildman–Crippen MR) is 177 cm³/mol.